The van der Waals surface area contributed by atoms with Gasteiger partial charge >= 0.3 is 5.97 Å². The quantitative estimate of drug-likeness (QED) is 0.684. The highest BCUT2D eigenvalue weighted by Crippen LogP contribution is 2.23. The Balaban J connectivity index is 3.13. The van der Waals surface area contributed by atoms with Crippen LogP contribution in [-0.2, 0) is 11.2 Å². The highest BCUT2D eigenvalue weighted by Gasteiger charge is 2.18. The molecule has 15 heavy (non-hydrogen) atoms. The summed E-state index contributed by atoms with van der Waals surface area (Å²) in [4.78, 5) is 13.7. The zero-order valence-electron chi connectivity index (χ0n) is 7.18. The molecule has 0 aliphatic carbocycles. The molecule has 0 radical (unpaired) electrons. The van der Waals surface area contributed by atoms with E-state index in [9.17, 15) is 18.0 Å². The molecular formula is C8H5F3INO2. The van der Waals surface area contributed by atoms with E-state index >= 15 is 0 Å². The van der Waals surface area contributed by atoms with E-state index in [1.165, 1.54) is 0 Å². The van der Waals surface area contributed by atoms with Gasteiger partial charge in [0.1, 0.15) is 9.39 Å². The zero-order chi connectivity index (χ0) is 11.6. The maximum atomic E-state index is 13.0. The third-order valence-electron chi connectivity index (χ3n) is 1.58. The van der Waals surface area contributed by atoms with Gasteiger partial charge in [-0.25, -0.2) is 18.2 Å². The van der Waals surface area contributed by atoms with Gasteiger partial charge in [-0.3, -0.25) is 4.79 Å². The fourth-order valence-electron chi connectivity index (χ4n) is 0.957. The number of carbonyl (C=O) groups is 1. The molecule has 3 nitrogen and oxygen atoms in total. The second kappa shape index (κ2) is 4.77. The summed E-state index contributed by atoms with van der Waals surface area (Å²) in [6.45, 7) is 0. The van der Waals surface area contributed by atoms with Gasteiger partial charge < -0.3 is 5.11 Å². The second-order valence-corrected chi connectivity index (χ2v) is 3.70. The van der Waals surface area contributed by atoms with Crippen LogP contribution in [0.15, 0.2) is 6.07 Å². The van der Waals surface area contributed by atoms with Crippen molar-refractivity contribution in [2.24, 2.45) is 0 Å². The summed E-state index contributed by atoms with van der Waals surface area (Å²) in [5.41, 5.74) is -0.862. The van der Waals surface area contributed by atoms with E-state index in [4.69, 9.17) is 5.11 Å². The molecule has 82 valence electrons. The molecule has 0 bridgehead atoms. The number of aliphatic carboxylic acids is 1. The van der Waals surface area contributed by atoms with Gasteiger partial charge in [0.2, 0.25) is 0 Å². The first kappa shape index (κ1) is 12.2. The first-order valence-corrected chi connectivity index (χ1v) is 4.84. The predicted octanol–water partition coefficient (Wildman–Crippen LogP) is 2.39. The van der Waals surface area contributed by atoms with E-state index < -0.39 is 30.3 Å². The van der Waals surface area contributed by atoms with Crippen LogP contribution in [-0.4, -0.2) is 16.1 Å². The number of pyridine rings is 1. The van der Waals surface area contributed by atoms with Crippen molar-refractivity contribution in [3.63, 3.8) is 0 Å². The molecule has 0 atom stereocenters. The SMILES string of the molecule is O=C(O)Cc1cc(F)c(C(F)F)nc1I. The summed E-state index contributed by atoms with van der Waals surface area (Å²) in [5.74, 6) is -2.35. The fraction of sp³-hybridized carbons (Fsp3) is 0.250. The molecule has 0 aliphatic rings. The minimum Gasteiger partial charge on any atom is -0.481 e. The van der Waals surface area contributed by atoms with Gasteiger partial charge in [0.15, 0.2) is 5.82 Å². The monoisotopic (exact) mass is 331 g/mol. The van der Waals surface area contributed by atoms with Crippen LogP contribution >= 0.6 is 22.6 Å². The molecule has 0 saturated carbocycles. The van der Waals surface area contributed by atoms with E-state index in [1.807, 2.05) is 0 Å². The van der Waals surface area contributed by atoms with Crippen LogP contribution in [0.25, 0.3) is 0 Å². The Labute approximate surface area is 96.5 Å². The molecule has 0 aliphatic heterocycles. The van der Waals surface area contributed by atoms with Gasteiger partial charge in [0.25, 0.3) is 6.43 Å². The van der Waals surface area contributed by atoms with Crippen molar-refractivity contribution in [2.45, 2.75) is 12.8 Å². The van der Waals surface area contributed by atoms with Gasteiger partial charge in [-0.15, -0.1) is 0 Å². The molecule has 1 heterocycles. The first-order chi connectivity index (χ1) is 6.91. The average Bonchev–Trinajstić information content (AvgIpc) is 2.09. The summed E-state index contributed by atoms with van der Waals surface area (Å²) in [6, 6.07) is 0.782. The van der Waals surface area contributed by atoms with Crippen molar-refractivity contribution in [3.8, 4) is 0 Å². The predicted molar refractivity (Wildman–Crippen MR) is 53.2 cm³/mol. The molecule has 0 saturated heterocycles. The van der Waals surface area contributed by atoms with Crippen LogP contribution < -0.4 is 0 Å². The lowest BCUT2D eigenvalue weighted by atomic mass is 10.2. The normalized spacial score (nSPS) is 10.7. The Kier molecular flexibility index (Phi) is 3.89. The Morgan fingerprint density at radius 2 is 2.20 bits per heavy atom. The second-order valence-electron chi connectivity index (χ2n) is 2.68. The number of hydrogen-bond acceptors (Lipinski definition) is 2. The van der Waals surface area contributed by atoms with Crippen molar-refractivity contribution in [3.05, 3.63) is 26.8 Å². The Morgan fingerprint density at radius 1 is 1.60 bits per heavy atom. The number of hydrogen-bond donors (Lipinski definition) is 1. The van der Waals surface area contributed by atoms with Crippen LogP contribution in [0, 0.1) is 9.52 Å². The Hall–Kier alpha value is -0.860. The van der Waals surface area contributed by atoms with E-state index in [1.54, 1.807) is 22.6 Å². The minimum atomic E-state index is -3.00. The molecule has 7 heteroatoms. The van der Waals surface area contributed by atoms with Gasteiger partial charge in [-0.1, -0.05) is 0 Å². The zero-order valence-corrected chi connectivity index (χ0v) is 9.33. The van der Waals surface area contributed by atoms with Crippen LogP contribution in [0.1, 0.15) is 17.7 Å². The van der Waals surface area contributed by atoms with Crippen molar-refractivity contribution < 1.29 is 23.1 Å². The van der Waals surface area contributed by atoms with E-state index in [2.05, 4.69) is 4.98 Å². The molecule has 1 N–H and O–H groups in total. The third kappa shape index (κ3) is 3.05. The number of nitrogens with zero attached hydrogens (tertiary/aromatic N) is 1. The molecule has 0 aromatic carbocycles. The number of alkyl halides is 2. The van der Waals surface area contributed by atoms with Gasteiger partial charge in [0, 0.05) is 0 Å². The minimum absolute atomic E-state index is 0.0756. The molecule has 0 amide bonds. The Morgan fingerprint density at radius 3 is 2.67 bits per heavy atom. The van der Waals surface area contributed by atoms with Crippen molar-refractivity contribution >= 4 is 28.6 Å². The third-order valence-corrected chi connectivity index (χ3v) is 2.51. The lowest BCUT2D eigenvalue weighted by Crippen LogP contribution is -2.07. The molecule has 1 rings (SSSR count). The summed E-state index contributed by atoms with van der Waals surface area (Å²) in [6.07, 6.45) is -3.44. The van der Waals surface area contributed by atoms with Gasteiger partial charge in [0.05, 0.1) is 6.42 Å². The van der Waals surface area contributed by atoms with Gasteiger partial charge in [-0.05, 0) is 34.2 Å². The number of aromatic nitrogens is 1. The van der Waals surface area contributed by atoms with Crippen LogP contribution in [0.4, 0.5) is 13.2 Å². The van der Waals surface area contributed by atoms with Gasteiger partial charge in [-0.2, -0.15) is 0 Å². The van der Waals surface area contributed by atoms with Crippen molar-refractivity contribution in [1.82, 2.24) is 4.98 Å². The Bertz CT molecular complexity index is 398. The highest BCUT2D eigenvalue weighted by atomic mass is 127. The molecule has 0 unspecified atom stereocenters. The molecular weight excluding hydrogens is 326 g/mol. The maximum Gasteiger partial charge on any atom is 0.307 e. The molecule has 1 aromatic heterocycles. The number of carboxylic acid groups (broad SMARTS) is 1. The largest absolute Gasteiger partial charge is 0.481 e. The topological polar surface area (TPSA) is 50.2 Å². The number of rotatable bonds is 3. The summed E-state index contributed by atoms with van der Waals surface area (Å²) in [7, 11) is 0. The number of halogens is 4. The van der Waals surface area contributed by atoms with Crippen molar-refractivity contribution in [1.29, 1.82) is 0 Å². The van der Waals surface area contributed by atoms with Crippen molar-refractivity contribution in [2.75, 3.05) is 0 Å². The summed E-state index contributed by atoms with van der Waals surface area (Å²) >= 11 is 1.59. The average molecular weight is 331 g/mol. The van der Waals surface area contributed by atoms with Crippen LogP contribution in [0.2, 0.25) is 0 Å². The van der Waals surface area contributed by atoms with Crippen LogP contribution in [0.3, 0.4) is 0 Å². The molecule has 1 aromatic rings. The molecule has 0 fully saturated rings. The van der Waals surface area contributed by atoms with E-state index in [-0.39, 0.29) is 9.26 Å². The smallest absolute Gasteiger partial charge is 0.307 e. The number of carboxylic acids is 1. The highest BCUT2D eigenvalue weighted by molar-refractivity contribution is 14.1. The standard InChI is InChI=1S/C8H5F3INO2/c9-4-1-3(2-5(14)15)8(12)13-6(4)7(10)11/h1,7H,2H2,(H,14,15). The van der Waals surface area contributed by atoms with E-state index in [0.717, 1.165) is 6.07 Å². The molecule has 0 spiro atoms. The first-order valence-electron chi connectivity index (χ1n) is 3.76. The fourth-order valence-corrected chi connectivity index (χ4v) is 1.56. The lowest BCUT2D eigenvalue weighted by Gasteiger charge is -2.05. The summed E-state index contributed by atoms with van der Waals surface area (Å²) in [5, 5.41) is 8.46. The summed E-state index contributed by atoms with van der Waals surface area (Å²) < 4.78 is 37.4. The van der Waals surface area contributed by atoms with Crippen LogP contribution in [0.5, 0.6) is 0 Å². The maximum absolute atomic E-state index is 13.0. The lowest BCUT2D eigenvalue weighted by molar-refractivity contribution is -0.136. The van der Waals surface area contributed by atoms with E-state index in [0.29, 0.717) is 0 Å².